The largest absolute Gasteiger partial charge is 0.435 e. The zero-order valence-electron chi connectivity index (χ0n) is 13.5. The van der Waals surface area contributed by atoms with Crippen molar-refractivity contribution in [2.45, 2.75) is 6.92 Å². The van der Waals surface area contributed by atoms with E-state index < -0.39 is 0 Å². The summed E-state index contributed by atoms with van der Waals surface area (Å²) in [5.74, 6) is 0. The van der Waals surface area contributed by atoms with Gasteiger partial charge in [-0.2, -0.15) is 0 Å². The molecule has 1 aliphatic heterocycles. The fourth-order valence-corrected chi connectivity index (χ4v) is 3.50. The molecule has 0 atom stereocenters. The van der Waals surface area contributed by atoms with Crippen LogP contribution in [0, 0.1) is 13.6 Å². The first-order chi connectivity index (χ1) is 11.7. The second-order valence-electron chi connectivity index (χ2n) is 6.15. The van der Waals surface area contributed by atoms with Crippen LogP contribution in [-0.2, 0) is 0 Å². The molecule has 0 amide bonds. The molecule has 1 aliphatic rings. The Hall–Kier alpha value is -3.01. The molecule has 2 aromatic heterocycles. The normalized spacial score (nSPS) is 13.9. The van der Waals surface area contributed by atoms with Crippen LogP contribution >= 0.6 is 0 Å². The van der Waals surface area contributed by atoms with Gasteiger partial charge in [-0.25, -0.2) is 4.98 Å². The van der Waals surface area contributed by atoms with Gasteiger partial charge in [0.25, 0.3) is 0 Å². The molecule has 0 N–H and O–H groups in total. The number of hydrogen-bond acceptors (Lipinski definition) is 4. The van der Waals surface area contributed by atoms with Gasteiger partial charge in [-0.15, -0.1) is 0 Å². The standard InChI is InChI=1S/C20H16N3O/c1-13-9-10-14-15-6-5-11-21-20(15)24-19(14)18(13)23-12-22(2)16-7-3-4-8-17(16)23/h3-12H,1-2H3. The topological polar surface area (TPSA) is 32.5 Å². The first-order valence-corrected chi connectivity index (χ1v) is 7.97. The van der Waals surface area contributed by atoms with Gasteiger partial charge in [-0.3, -0.25) is 0 Å². The highest BCUT2D eigenvalue weighted by molar-refractivity contribution is 6.10. The van der Waals surface area contributed by atoms with E-state index in [2.05, 4.69) is 77.9 Å². The zero-order chi connectivity index (χ0) is 16.3. The van der Waals surface area contributed by atoms with E-state index in [-0.39, 0.29) is 0 Å². The van der Waals surface area contributed by atoms with Crippen molar-refractivity contribution >= 4 is 39.1 Å². The van der Waals surface area contributed by atoms with Crippen molar-refractivity contribution in [1.29, 1.82) is 0 Å². The predicted molar refractivity (Wildman–Crippen MR) is 97.5 cm³/mol. The van der Waals surface area contributed by atoms with Crippen LogP contribution in [-0.4, -0.2) is 12.0 Å². The third-order valence-electron chi connectivity index (χ3n) is 4.64. The first kappa shape index (κ1) is 13.4. The number of pyridine rings is 1. The highest BCUT2D eigenvalue weighted by atomic mass is 16.3. The summed E-state index contributed by atoms with van der Waals surface area (Å²) >= 11 is 0. The molecule has 4 aromatic rings. The van der Waals surface area contributed by atoms with E-state index in [9.17, 15) is 0 Å². The Labute approximate surface area is 139 Å². The predicted octanol–water partition coefficient (Wildman–Crippen LogP) is 5.00. The molecule has 0 bridgehead atoms. The summed E-state index contributed by atoms with van der Waals surface area (Å²) < 4.78 is 6.14. The van der Waals surface area contributed by atoms with Crippen molar-refractivity contribution in [1.82, 2.24) is 4.98 Å². The van der Waals surface area contributed by atoms with Crippen molar-refractivity contribution < 1.29 is 4.42 Å². The number of fused-ring (bicyclic) bond motifs is 4. The van der Waals surface area contributed by atoms with Gasteiger partial charge in [0.05, 0.1) is 17.1 Å². The van der Waals surface area contributed by atoms with Crippen LogP contribution in [0.2, 0.25) is 0 Å². The molecule has 0 spiro atoms. The SMILES string of the molecule is Cc1ccc2c(oc3ncccc32)c1N1[CH]N(C)c2ccccc21. The van der Waals surface area contributed by atoms with Crippen molar-refractivity contribution in [2.75, 3.05) is 16.8 Å². The molecule has 0 fully saturated rings. The molecule has 2 aromatic carbocycles. The molecule has 4 heteroatoms. The number of anilines is 3. The van der Waals surface area contributed by atoms with Crippen molar-refractivity contribution in [3.63, 3.8) is 0 Å². The van der Waals surface area contributed by atoms with E-state index >= 15 is 0 Å². The van der Waals surface area contributed by atoms with Crippen LogP contribution in [0.1, 0.15) is 5.56 Å². The maximum atomic E-state index is 6.14. The summed E-state index contributed by atoms with van der Waals surface area (Å²) in [7, 11) is 2.06. The lowest BCUT2D eigenvalue weighted by Gasteiger charge is -2.20. The molecule has 0 aliphatic carbocycles. The lowest BCUT2D eigenvalue weighted by molar-refractivity contribution is 0.653. The fraction of sp³-hybridized carbons (Fsp3) is 0.100. The number of aryl methyl sites for hydroxylation is 1. The van der Waals surface area contributed by atoms with Crippen LogP contribution in [0.15, 0.2) is 59.1 Å². The maximum absolute atomic E-state index is 6.14. The molecule has 24 heavy (non-hydrogen) atoms. The average molecular weight is 314 g/mol. The molecule has 3 heterocycles. The Bertz CT molecular complexity index is 1080. The Morgan fingerprint density at radius 1 is 0.917 bits per heavy atom. The van der Waals surface area contributed by atoms with Crippen LogP contribution in [0.25, 0.3) is 22.1 Å². The highest BCUT2D eigenvalue weighted by Crippen LogP contribution is 2.46. The molecule has 117 valence electrons. The summed E-state index contributed by atoms with van der Waals surface area (Å²) in [5.41, 5.74) is 6.14. The number of hydrogen-bond donors (Lipinski definition) is 0. The Morgan fingerprint density at radius 3 is 2.62 bits per heavy atom. The molecular formula is C20H16N3O. The average Bonchev–Trinajstić information content (AvgIpc) is 3.13. The number of benzene rings is 2. The van der Waals surface area contributed by atoms with Gasteiger partial charge in [0.15, 0.2) is 5.58 Å². The molecule has 5 rings (SSSR count). The van der Waals surface area contributed by atoms with Gasteiger partial charge < -0.3 is 14.2 Å². The maximum Gasteiger partial charge on any atom is 0.227 e. The minimum Gasteiger partial charge on any atom is -0.435 e. The summed E-state index contributed by atoms with van der Waals surface area (Å²) in [6.07, 6.45) is 1.77. The third kappa shape index (κ3) is 1.71. The minimum absolute atomic E-state index is 0.681. The number of rotatable bonds is 1. The van der Waals surface area contributed by atoms with Gasteiger partial charge in [0.2, 0.25) is 5.71 Å². The fourth-order valence-electron chi connectivity index (χ4n) is 3.50. The molecule has 0 saturated heterocycles. The van der Waals surface area contributed by atoms with Gasteiger partial charge in [0, 0.05) is 24.0 Å². The summed E-state index contributed by atoms with van der Waals surface area (Å²) in [6, 6.07) is 16.7. The minimum atomic E-state index is 0.681. The summed E-state index contributed by atoms with van der Waals surface area (Å²) in [6.45, 7) is 4.22. The van der Waals surface area contributed by atoms with E-state index in [4.69, 9.17) is 4.42 Å². The van der Waals surface area contributed by atoms with Crippen LogP contribution in [0.4, 0.5) is 17.1 Å². The lowest BCUT2D eigenvalue weighted by atomic mass is 10.1. The number of para-hydroxylation sites is 2. The molecule has 4 nitrogen and oxygen atoms in total. The van der Waals surface area contributed by atoms with Crippen molar-refractivity contribution in [2.24, 2.45) is 0 Å². The van der Waals surface area contributed by atoms with Gasteiger partial charge in [-0.05, 0) is 36.8 Å². The van der Waals surface area contributed by atoms with E-state index in [1.54, 1.807) is 6.20 Å². The van der Waals surface area contributed by atoms with Crippen LogP contribution in [0.3, 0.4) is 0 Å². The van der Waals surface area contributed by atoms with Crippen molar-refractivity contribution in [3.05, 3.63) is 67.0 Å². The van der Waals surface area contributed by atoms with E-state index in [1.807, 2.05) is 6.07 Å². The lowest BCUT2D eigenvalue weighted by Crippen LogP contribution is -2.18. The smallest absolute Gasteiger partial charge is 0.227 e. The number of nitrogens with zero attached hydrogens (tertiary/aromatic N) is 3. The van der Waals surface area contributed by atoms with E-state index in [0.717, 1.165) is 27.7 Å². The van der Waals surface area contributed by atoms with Gasteiger partial charge >= 0.3 is 0 Å². The van der Waals surface area contributed by atoms with Crippen LogP contribution < -0.4 is 9.80 Å². The molecule has 1 radical (unpaired) electrons. The molecular weight excluding hydrogens is 298 g/mol. The molecule has 0 unspecified atom stereocenters. The van der Waals surface area contributed by atoms with E-state index in [0.29, 0.717) is 5.71 Å². The van der Waals surface area contributed by atoms with Crippen molar-refractivity contribution in [3.8, 4) is 0 Å². The second kappa shape index (κ2) is 4.74. The highest BCUT2D eigenvalue weighted by Gasteiger charge is 2.28. The zero-order valence-corrected chi connectivity index (χ0v) is 13.5. The third-order valence-corrected chi connectivity index (χ3v) is 4.64. The number of furan rings is 1. The number of aromatic nitrogens is 1. The monoisotopic (exact) mass is 314 g/mol. The Morgan fingerprint density at radius 2 is 1.75 bits per heavy atom. The summed E-state index contributed by atoms with van der Waals surface area (Å²) in [4.78, 5) is 8.71. The second-order valence-corrected chi connectivity index (χ2v) is 6.15. The van der Waals surface area contributed by atoms with E-state index in [1.165, 1.54) is 11.3 Å². The van der Waals surface area contributed by atoms with Gasteiger partial charge in [0.1, 0.15) is 6.67 Å². The first-order valence-electron chi connectivity index (χ1n) is 7.97. The Kier molecular flexibility index (Phi) is 2.65. The molecule has 0 saturated carbocycles. The Balaban J connectivity index is 1.83. The summed E-state index contributed by atoms with van der Waals surface area (Å²) in [5, 5.41) is 2.15. The van der Waals surface area contributed by atoms with Crippen LogP contribution in [0.5, 0.6) is 0 Å². The quantitative estimate of drug-likeness (QED) is 0.495. The van der Waals surface area contributed by atoms with Gasteiger partial charge in [-0.1, -0.05) is 24.3 Å².